The normalized spacial score (nSPS) is 18.0. The minimum atomic E-state index is -0.0746. The van der Waals surface area contributed by atoms with Crippen molar-refractivity contribution in [2.45, 2.75) is 25.9 Å². The molecule has 2 amide bonds. The Labute approximate surface area is 135 Å². The first-order valence-electron chi connectivity index (χ1n) is 7.86. The quantitative estimate of drug-likeness (QED) is 0.930. The standard InChI is InChI=1S/C16H21N5O2/c1-2-14-12-23-9-8-20(14)16(22)17-10-13-11-21(19-18-13)15-6-4-3-5-7-15/h3-7,11,14H,2,8-10,12H2,1H3,(H,17,22)/t14-/m0/s1. The average molecular weight is 315 g/mol. The molecule has 1 atom stereocenters. The molecule has 122 valence electrons. The Morgan fingerprint density at radius 2 is 2.22 bits per heavy atom. The molecule has 0 radical (unpaired) electrons. The molecule has 1 aliphatic heterocycles. The number of ether oxygens (including phenoxy) is 1. The number of nitrogens with one attached hydrogen (secondary N) is 1. The van der Waals surface area contributed by atoms with Gasteiger partial charge in [-0.25, -0.2) is 9.48 Å². The van der Waals surface area contributed by atoms with Crippen molar-refractivity contribution in [1.82, 2.24) is 25.2 Å². The second-order valence-corrected chi connectivity index (χ2v) is 5.48. The molecule has 1 saturated heterocycles. The Morgan fingerprint density at radius 1 is 1.39 bits per heavy atom. The van der Waals surface area contributed by atoms with Crippen molar-refractivity contribution in [3.8, 4) is 5.69 Å². The van der Waals surface area contributed by atoms with Gasteiger partial charge in [0.25, 0.3) is 0 Å². The molecule has 1 aromatic carbocycles. The van der Waals surface area contributed by atoms with Crippen LogP contribution >= 0.6 is 0 Å². The van der Waals surface area contributed by atoms with Gasteiger partial charge in [-0.3, -0.25) is 0 Å². The Kier molecular flexibility index (Phi) is 4.87. The third-order valence-corrected chi connectivity index (χ3v) is 3.94. The summed E-state index contributed by atoms with van der Waals surface area (Å²) in [6.07, 6.45) is 2.71. The smallest absolute Gasteiger partial charge is 0.318 e. The highest BCUT2D eigenvalue weighted by Crippen LogP contribution is 2.11. The molecule has 0 bridgehead atoms. The predicted octanol–water partition coefficient (Wildman–Crippen LogP) is 1.59. The number of benzene rings is 1. The fourth-order valence-corrected chi connectivity index (χ4v) is 2.61. The largest absolute Gasteiger partial charge is 0.377 e. The third-order valence-electron chi connectivity index (χ3n) is 3.94. The number of morpholine rings is 1. The van der Waals surface area contributed by atoms with E-state index in [1.165, 1.54) is 0 Å². The monoisotopic (exact) mass is 315 g/mol. The number of amides is 2. The van der Waals surface area contributed by atoms with Crippen LogP contribution in [-0.4, -0.2) is 51.7 Å². The lowest BCUT2D eigenvalue weighted by Crippen LogP contribution is -2.52. The summed E-state index contributed by atoms with van der Waals surface area (Å²) >= 11 is 0. The van der Waals surface area contributed by atoms with Crippen molar-refractivity contribution in [2.24, 2.45) is 0 Å². The van der Waals surface area contributed by atoms with Crippen LogP contribution in [0.25, 0.3) is 5.69 Å². The molecule has 0 aliphatic carbocycles. The number of carbonyl (C=O) groups excluding carboxylic acids is 1. The molecule has 1 fully saturated rings. The van der Waals surface area contributed by atoms with Crippen LogP contribution in [0.4, 0.5) is 4.79 Å². The molecule has 1 N–H and O–H groups in total. The molecular formula is C16H21N5O2. The minimum absolute atomic E-state index is 0.0746. The first kappa shape index (κ1) is 15.5. The van der Waals surface area contributed by atoms with Gasteiger partial charge in [0.05, 0.1) is 37.7 Å². The average Bonchev–Trinajstić information content (AvgIpc) is 3.09. The summed E-state index contributed by atoms with van der Waals surface area (Å²) in [6.45, 7) is 4.24. The minimum Gasteiger partial charge on any atom is -0.377 e. The zero-order valence-electron chi connectivity index (χ0n) is 13.2. The van der Waals surface area contributed by atoms with E-state index in [1.54, 1.807) is 4.68 Å². The van der Waals surface area contributed by atoms with E-state index in [9.17, 15) is 4.79 Å². The van der Waals surface area contributed by atoms with E-state index in [1.807, 2.05) is 41.4 Å². The predicted molar refractivity (Wildman–Crippen MR) is 85.2 cm³/mol. The van der Waals surface area contributed by atoms with Crippen LogP contribution in [0.1, 0.15) is 19.0 Å². The van der Waals surface area contributed by atoms with Crippen LogP contribution in [-0.2, 0) is 11.3 Å². The summed E-state index contributed by atoms with van der Waals surface area (Å²) in [5.41, 5.74) is 1.67. The number of hydrogen-bond acceptors (Lipinski definition) is 4. The van der Waals surface area contributed by atoms with Crippen molar-refractivity contribution in [1.29, 1.82) is 0 Å². The van der Waals surface area contributed by atoms with E-state index in [0.29, 0.717) is 26.3 Å². The number of aromatic nitrogens is 3. The van der Waals surface area contributed by atoms with Crippen molar-refractivity contribution < 1.29 is 9.53 Å². The summed E-state index contributed by atoms with van der Waals surface area (Å²) in [6, 6.07) is 9.82. The summed E-state index contributed by atoms with van der Waals surface area (Å²) in [5, 5.41) is 11.1. The SMILES string of the molecule is CC[C@H]1COCCN1C(=O)NCc1cn(-c2ccccc2)nn1. The summed E-state index contributed by atoms with van der Waals surface area (Å²) in [4.78, 5) is 14.2. The molecule has 2 aromatic rings. The maximum atomic E-state index is 12.3. The maximum Gasteiger partial charge on any atom is 0.318 e. The van der Waals surface area contributed by atoms with E-state index < -0.39 is 0 Å². The van der Waals surface area contributed by atoms with Gasteiger partial charge in [-0.2, -0.15) is 0 Å². The molecule has 3 rings (SSSR count). The molecule has 1 aliphatic rings. The number of nitrogens with zero attached hydrogens (tertiary/aromatic N) is 4. The van der Waals surface area contributed by atoms with Crippen molar-refractivity contribution in [3.05, 3.63) is 42.2 Å². The van der Waals surface area contributed by atoms with Gasteiger partial charge in [0.1, 0.15) is 5.69 Å². The molecule has 0 saturated carbocycles. The van der Waals surface area contributed by atoms with Crippen molar-refractivity contribution >= 4 is 6.03 Å². The molecule has 2 heterocycles. The lowest BCUT2D eigenvalue weighted by Gasteiger charge is -2.34. The highest BCUT2D eigenvalue weighted by Gasteiger charge is 2.25. The zero-order valence-corrected chi connectivity index (χ0v) is 13.2. The van der Waals surface area contributed by atoms with Gasteiger partial charge in [0.15, 0.2) is 0 Å². The van der Waals surface area contributed by atoms with Crippen LogP contribution in [0.5, 0.6) is 0 Å². The van der Waals surface area contributed by atoms with Crippen LogP contribution in [0.15, 0.2) is 36.5 Å². The molecule has 23 heavy (non-hydrogen) atoms. The number of hydrogen-bond donors (Lipinski definition) is 1. The molecule has 1 aromatic heterocycles. The number of para-hydroxylation sites is 1. The van der Waals surface area contributed by atoms with Crippen molar-refractivity contribution in [2.75, 3.05) is 19.8 Å². The van der Waals surface area contributed by atoms with E-state index in [0.717, 1.165) is 17.8 Å². The van der Waals surface area contributed by atoms with Gasteiger partial charge in [-0.1, -0.05) is 30.3 Å². The first-order valence-corrected chi connectivity index (χ1v) is 7.86. The van der Waals surface area contributed by atoms with Gasteiger partial charge >= 0.3 is 6.03 Å². The van der Waals surface area contributed by atoms with Crippen LogP contribution in [0.2, 0.25) is 0 Å². The summed E-state index contributed by atoms with van der Waals surface area (Å²) in [7, 11) is 0. The van der Waals surface area contributed by atoms with E-state index in [2.05, 4.69) is 22.6 Å². The second-order valence-electron chi connectivity index (χ2n) is 5.48. The van der Waals surface area contributed by atoms with E-state index in [4.69, 9.17) is 4.74 Å². The number of rotatable bonds is 4. The molecule has 7 nitrogen and oxygen atoms in total. The van der Waals surface area contributed by atoms with Crippen LogP contribution in [0.3, 0.4) is 0 Å². The third kappa shape index (κ3) is 3.68. The highest BCUT2D eigenvalue weighted by atomic mass is 16.5. The van der Waals surface area contributed by atoms with Crippen LogP contribution in [0, 0.1) is 0 Å². The lowest BCUT2D eigenvalue weighted by molar-refractivity contribution is 0.0112. The van der Waals surface area contributed by atoms with Gasteiger partial charge in [0, 0.05) is 6.54 Å². The number of urea groups is 1. The van der Waals surface area contributed by atoms with Gasteiger partial charge in [-0.15, -0.1) is 5.10 Å². The maximum absolute atomic E-state index is 12.3. The Balaban J connectivity index is 1.58. The fraction of sp³-hybridized carbons (Fsp3) is 0.438. The van der Waals surface area contributed by atoms with Crippen LogP contribution < -0.4 is 5.32 Å². The Morgan fingerprint density at radius 3 is 3.00 bits per heavy atom. The topological polar surface area (TPSA) is 72.3 Å². The fourth-order valence-electron chi connectivity index (χ4n) is 2.61. The van der Waals surface area contributed by atoms with E-state index in [-0.39, 0.29) is 12.1 Å². The van der Waals surface area contributed by atoms with Crippen molar-refractivity contribution in [3.63, 3.8) is 0 Å². The highest BCUT2D eigenvalue weighted by molar-refractivity contribution is 5.74. The molecular weight excluding hydrogens is 294 g/mol. The summed E-state index contributed by atoms with van der Waals surface area (Å²) < 4.78 is 7.12. The Bertz CT molecular complexity index is 643. The molecule has 0 spiro atoms. The van der Waals surface area contributed by atoms with E-state index >= 15 is 0 Å². The van der Waals surface area contributed by atoms with Gasteiger partial charge < -0.3 is 15.0 Å². The number of carbonyl (C=O) groups is 1. The summed E-state index contributed by atoms with van der Waals surface area (Å²) in [5.74, 6) is 0. The molecule has 7 heteroatoms. The first-order chi connectivity index (χ1) is 11.3. The second kappa shape index (κ2) is 7.23. The van der Waals surface area contributed by atoms with Gasteiger partial charge in [-0.05, 0) is 18.6 Å². The zero-order chi connectivity index (χ0) is 16.1. The van der Waals surface area contributed by atoms with Gasteiger partial charge in [0.2, 0.25) is 0 Å². The Hall–Kier alpha value is -2.41. The molecule has 0 unspecified atom stereocenters. The lowest BCUT2D eigenvalue weighted by atomic mass is 10.2.